The van der Waals surface area contributed by atoms with E-state index < -0.39 is 0 Å². The highest BCUT2D eigenvalue weighted by Gasteiger charge is 2.20. The minimum Gasteiger partial charge on any atom is -0.455 e. The number of aromatic nitrogens is 1. The van der Waals surface area contributed by atoms with Gasteiger partial charge in [-0.3, -0.25) is 0 Å². The van der Waals surface area contributed by atoms with Gasteiger partial charge in [-0.25, -0.2) is 0 Å². The molecule has 2 aromatic heterocycles. The molecule has 3 heteroatoms. The number of nitrogens with zero attached hydrogens (tertiary/aromatic N) is 2. The normalized spacial score (nSPS) is 11.5. The largest absolute Gasteiger partial charge is 0.455 e. The van der Waals surface area contributed by atoms with Gasteiger partial charge in [0.1, 0.15) is 11.2 Å². The van der Waals surface area contributed by atoms with E-state index in [1.807, 2.05) is 12.1 Å². The summed E-state index contributed by atoms with van der Waals surface area (Å²) in [5.74, 6) is 0. The molecule has 3 nitrogen and oxygen atoms in total. The molecular formula is C66H44N2O. The molecule has 13 aromatic rings. The van der Waals surface area contributed by atoms with Gasteiger partial charge in [0.15, 0.2) is 0 Å². The minimum absolute atomic E-state index is 0.891. The van der Waals surface area contributed by atoms with Gasteiger partial charge in [-0.2, -0.15) is 0 Å². The molecule has 0 saturated carbocycles. The van der Waals surface area contributed by atoms with E-state index in [1.165, 1.54) is 44.1 Å². The molecule has 0 saturated heterocycles. The van der Waals surface area contributed by atoms with Crippen molar-refractivity contribution in [3.63, 3.8) is 0 Å². The van der Waals surface area contributed by atoms with E-state index in [0.29, 0.717) is 0 Å². The summed E-state index contributed by atoms with van der Waals surface area (Å²) in [6.45, 7) is 0. The average molecular weight is 881 g/mol. The predicted molar refractivity (Wildman–Crippen MR) is 290 cm³/mol. The summed E-state index contributed by atoms with van der Waals surface area (Å²) in [6, 6.07) is 96.2. The molecular weight excluding hydrogens is 837 g/mol. The fraction of sp³-hybridized carbons (Fsp3) is 0. The summed E-state index contributed by atoms with van der Waals surface area (Å²) in [5, 5.41) is 4.71. The van der Waals surface area contributed by atoms with E-state index in [1.54, 1.807) is 0 Å². The highest BCUT2D eigenvalue weighted by Crippen LogP contribution is 2.43. The molecule has 0 aliphatic carbocycles. The van der Waals surface area contributed by atoms with Crippen molar-refractivity contribution in [3.8, 4) is 61.3 Å². The Balaban J connectivity index is 0.965. The van der Waals surface area contributed by atoms with Crippen LogP contribution in [0.4, 0.5) is 17.1 Å². The topological polar surface area (TPSA) is 21.3 Å². The molecule has 0 bridgehead atoms. The third-order valence-corrected chi connectivity index (χ3v) is 13.6. The molecule has 0 unspecified atom stereocenters. The van der Waals surface area contributed by atoms with Crippen molar-refractivity contribution in [1.82, 2.24) is 4.57 Å². The van der Waals surface area contributed by atoms with E-state index in [9.17, 15) is 0 Å². The Morgan fingerprint density at radius 2 is 0.754 bits per heavy atom. The number of benzene rings is 11. The first-order chi connectivity index (χ1) is 34.2. The SMILES string of the molecule is c1ccc(-c2cccc(-c3cccc(N(c4ccc(-c5ccc(-c6ccccc6)cc5-n5c6ccccc6c6ccccc65)cc4)c4cccc(-c5cccc6c5oc5ccccc56)c4)c3)c2)cc1. The highest BCUT2D eigenvalue weighted by atomic mass is 16.3. The Hall–Kier alpha value is -9.18. The zero-order valence-electron chi connectivity index (χ0n) is 37.7. The van der Waals surface area contributed by atoms with Crippen molar-refractivity contribution in [3.05, 3.63) is 267 Å². The van der Waals surface area contributed by atoms with Crippen molar-refractivity contribution < 1.29 is 4.42 Å². The number of para-hydroxylation sites is 4. The summed E-state index contributed by atoms with van der Waals surface area (Å²) >= 11 is 0. The first-order valence-electron chi connectivity index (χ1n) is 23.6. The lowest BCUT2D eigenvalue weighted by Crippen LogP contribution is -2.10. The molecule has 0 spiro atoms. The van der Waals surface area contributed by atoms with Crippen LogP contribution in [-0.2, 0) is 0 Å². The van der Waals surface area contributed by atoms with Crippen molar-refractivity contribution in [1.29, 1.82) is 0 Å². The number of fused-ring (bicyclic) bond motifs is 6. The third-order valence-electron chi connectivity index (χ3n) is 13.6. The van der Waals surface area contributed by atoms with E-state index in [4.69, 9.17) is 4.42 Å². The van der Waals surface area contributed by atoms with Gasteiger partial charge in [-0.1, -0.05) is 200 Å². The van der Waals surface area contributed by atoms with Gasteiger partial charge < -0.3 is 13.9 Å². The van der Waals surface area contributed by atoms with Crippen LogP contribution in [0.15, 0.2) is 271 Å². The molecule has 324 valence electrons. The Morgan fingerprint density at radius 1 is 0.275 bits per heavy atom. The lowest BCUT2D eigenvalue weighted by atomic mass is 9.97. The zero-order valence-corrected chi connectivity index (χ0v) is 37.7. The highest BCUT2D eigenvalue weighted by molar-refractivity contribution is 6.11. The second-order valence-corrected chi connectivity index (χ2v) is 17.7. The van der Waals surface area contributed by atoms with Crippen LogP contribution >= 0.6 is 0 Å². The van der Waals surface area contributed by atoms with E-state index in [2.05, 4.69) is 264 Å². The molecule has 13 rings (SSSR count). The monoisotopic (exact) mass is 880 g/mol. The molecule has 11 aromatic carbocycles. The predicted octanol–water partition coefficient (Wildman–Crippen LogP) is 18.5. The molecule has 0 aliphatic rings. The fourth-order valence-corrected chi connectivity index (χ4v) is 10.3. The molecule has 0 aliphatic heterocycles. The standard InChI is InChI=1S/C66H44N2O/c1-3-17-45(18-4-1)48-21-13-22-49(41-48)50-23-14-25-54(42-50)67(55-26-15-24-52(43-55)57-30-16-31-61-60-29-9-12-34-65(60)69-66(57)61)53-38-35-47(36-39-53)56-40-37-51(46-19-5-2-6-20-46)44-64(56)68-62-32-10-7-27-58(62)59-28-8-11-33-63(59)68/h1-44H. The molecule has 0 atom stereocenters. The summed E-state index contributed by atoms with van der Waals surface area (Å²) < 4.78 is 9.01. The maximum Gasteiger partial charge on any atom is 0.143 e. The maximum absolute atomic E-state index is 6.57. The van der Waals surface area contributed by atoms with E-state index in [-0.39, 0.29) is 0 Å². The van der Waals surface area contributed by atoms with Gasteiger partial charge in [0.25, 0.3) is 0 Å². The number of hydrogen-bond acceptors (Lipinski definition) is 2. The lowest BCUT2D eigenvalue weighted by molar-refractivity contribution is 0.670. The summed E-state index contributed by atoms with van der Waals surface area (Å²) in [7, 11) is 0. The van der Waals surface area contributed by atoms with Gasteiger partial charge in [-0.05, 0) is 111 Å². The Kier molecular flexibility index (Phi) is 9.84. The first kappa shape index (κ1) is 40.1. The van der Waals surface area contributed by atoms with Gasteiger partial charge in [0.2, 0.25) is 0 Å². The number of anilines is 3. The van der Waals surface area contributed by atoms with E-state index in [0.717, 1.165) is 78.1 Å². The molecule has 0 radical (unpaired) electrons. The van der Waals surface area contributed by atoms with Gasteiger partial charge in [-0.15, -0.1) is 0 Å². The summed E-state index contributed by atoms with van der Waals surface area (Å²) in [4.78, 5) is 2.38. The smallest absolute Gasteiger partial charge is 0.143 e. The second-order valence-electron chi connectivity index (χ2n) is 17.7. The fourth-order valence-electron chi connectivity index (χ4n) is 10.3. The van der Waals surface area contributed by atoms with Crippen LogP contribution in [-0.4, -0.2) is 4.57 Å². The molecule has 2 heterocycles. The summed E-state index contributed by atoms with van der Waals surface area (Å²) in [5.41, 5.74) is 19.9. The van der Waals surface area contributed by atoms with Crippen LogP contribution in [0.5, 0.6) is 0 Å². The third kappa shape index (κ3) is 7.16. The minimum atomic E-state index is 0.891. The zero-order chi connectivity index (χ0) is 45.7. The molecule has 69 heavy (non-hydrogen) atoms. The Bertz CT molecular complexity index is 3960. The number of hydrogen-bond donors (Lipinski definition) is 0. The summed E-state index contributed by atoms with van der Waals surface area (Å²) in [6.07, 6.45) is 0. The van der Waals surface area contributed by atoms with Crippen LogP contribution < -0.4 is 4.90 Å². The van der Waals surface area contributed by atoms with Gasteiger partial charge in [0.05, 0.1) is 16.7 Å². The van der Waals surface area contributed by atoms with Crippen molar-refractivity contribution >= 4 is 60.8 Å². The molecule has 0 N–H and O–H groups in total. The van der Waals surface area contributed by atoms with Crippen LogP contribution in [0.1, 0.15) is 0 Å². The van der Waals surface area contributed by atoms with E-state index >= 15 is 0 Å². The average Bonchev–Trinajstić information content (AvgIpc) is 3.98. The lowest BCUT2D eigenvalue weighted by Gasteiger charge is -2.27. The van der Waals surface area contributed by atoms with Crippen molar-refractivity contribution in [2.24, 2.45) is 0 Å². The van der Waals surface area contributed by atoms with Crippen LogP contribution in [0, 0.1) is 0 Å². The van der Waals surface area contributed by atoms with Crippen LogP contribution in [0.3, 0.4) is 0 Å². The van der Waals surface area contributed by atoms with Crippen molar-refractivity contribution in [2.75, 3.05) is 4.90 Å². The number of furan rings is 1. The van der Waals surface area contributed by atoms with Crippen molar-refractivity contribution in [2.45, 2.75) is 0 Å². The van der Waals surface area contributed by atoms with Gasteiger partial charge in [0, 0.05) is 49.7 Å². The van der Waals surface area contributed by atoms with Crippen LogP contribution in [0.25, 0.3) is 105 Å². The maximum atomic E-state index is 6.57. The quantitative estimate of drug-likeness (QED) is 0.144. The Labute approximate surface area is 401 Å². The number of rotatable bonds is 9. The van der Waals surface area contributed by atoms with Gasteiger partial charge >= 0.3 is 0 Å². The molecule has 0 amide bonds. The van der Waals surface area contributed by atoms with Crippen LogP contribution in [0.2, 0.25) is 0 Å². The second kappa shape index (κ2) is 16.9. The molecule has 0 fully saturated rings. The Morgan fingerprint density at radius 3 is 1.43 bits per heavy atom. The first-order valence-corrected chi connectivity index (χ1v) is 23.6.